The number of nitrogens with one attached hydrogen (secondary N) is 1. The van der Waals surface area contributed by atoms with Crippen LogP contribution < -0.4 is 5.32 Å². The van der Waals surface area contributed by atoms with Gasteiger partial charge in [-0.25, -0.2) is 0 Å². The molecule has 1 atom stereocenters. The maximum absolute atomic E-state index is 12.0. The monoisotopic (exact) mass is 295 g/mol. The average molecular weight is 295 g/mol. The third-order valence-corrected chi connectivity index (χ3v) is 4.35. The Morgan fingerprint density at radius 3 is 2.50 bits per heavy atom. The molecule has 0 aliphatic heterocycles. The maximum atomic E-state index is 12.0. The van der Waals surface area contributed by atoms with Gasteiger partial charge < -0.3 is 10.4 Å². The van der Waals surface area contributed by atoms with Gasteiger partial charge in [-0.3, -0.25) is 9.59 Å². The van der Waals surface area contributed by atoms with Gasteiger partial charge in [0.05, 0.1) is 5.69 Å². The number of carbonyl (C=O) groups is 2. The smallest absolute Gasteiger partial charge is 0.319 e. The topological polar surface area (TPSA) is 66.4 Å². The quantitative estimate of drug-likeness (QED) is 0.787. The lowest BCUT2D eigenvalue weighted by molar-refractivity contribution is -0.138. The molecular weight excluding hydrogens is 274 g/mol. The van der Waals surface area contributed by atoms with Crippen LogP contribution >= 0.6 is 11.8 Å². The van der Waals surface area contributed by atoms with Crippen LogP contribution in [-0.2, 0) is 9.59 Å². The molecule has 0 spiro atoms. The Morgan fingerprint density at radius 2 is 1.95 bits per heavy atom. The molecular formula is C15H21NO3S. The Bertz CT molecular complexity index is 500. The number of carboxylic acid groups (broad SMARTS) is 1. The molecule has 20 heavy (non-hydrogen) atoms. The van der Waals surface area contributed by atoms with Gasteiger partial charge in [0.2, 0.25) is 5.91 Å². The minimum atomic E-state index is -0.947. The number of hydrogen-bond donors (Lipinski definition) is 2. The summed E-state index contributed by atoms with van der Waals surface area (Å²) in [4.78, 5) is 23.9. The van der Waals surface area contributed by atoms with Gasteiger partial charge in [0.1, 0.15) is 4.75 Å². The van der Waals surface area contributed by atoms with Gasteiger partial charge in [-0.1, -0.05) is 26.0 Å². The summed E-state index contributed by atoms with van der Waals surface area (Å²) in [7, 11) is 0. The molecule has 1 aromatic rings. The number of amides is 1. The minimum absolute atomic E-state index is 0.0475. The number of carbonyl (C=O) groups excluding carboxylic acids is 1. The van der Waals surface area contributed by atoms with Gasteiger partial charge in [0.15, 0.2) is 0 Å². The minimum Gasteiger partial charge on any atom is -0.480 e. The fourth-order valence-corrected chi connectivity index (χ4v) is 2.43. The normalized spacial score (nSPS) is 12.8. The van der Waals surface area contributed by atoms with Gasteiger partial charge >= 0.3 is 5.97 Å². The lowest BCUT2D eigenvalue weighted by Gasteiger charge is -2.21. The SMILES string of the molecule is CCC(C)C(=O)Nc1ccccc1SC(C)(C)C(=O)O. The Morgan fingerprint density at radius 1 is 1.35 bits per heavy atom. The van der Waals surface area contributed by atoms with E-state index in [1.807, 2.05) is 32.0 Å². The summed E-state index contributed by atoms with van der Waals surface area (Å²) < 4.78 is -0.947. The summed E-state index contributed by atoms with van der Waals surface area (Å²) in [6.45, 7) is 7.12. The van der Waals surface area contributed by atoms with Crippen molar-refractivity contribution in [2.24, 2.45) is 5.92 Å². The molecule has 0 fully saturated rings. The van der Waals surface area contributed by atoms with Crippen LogP contribution in [0.5, 0.6) is 0 Å². The summed E-state index contributed by atoms with van der Waals surface area (Å²) in [5.41, 5.74) is 0.664. The van der Waals surface area contributed by atoms with Gasteiger partial charge in [-0.15, -0.1) is 11.8 Å². The molecule has 0 aromatic heterocycles. The van der Waals surface area contributed by atoms with E-state index < -0.39 is 10.7 Å². The number of carboxylic acids is 1. The molecule has 0 bridgehead atoms. The molecule has 0 aliphatic rings. The van der Waals surface area contributed by atoms with E-state index in [0.717, 1.165) is 11.3 Å². The first-order chi connectivity index (χ1) is 9.27. The molecule has 0 saturated heterocycles. The second kappa shape index (κ2) is 6.79. The lowest BCUT2D eigenvalue weighted by Crippen LogP contribution is -2.27. The highest BCUT2D eigenvalue weighted by Crippen LogP contribution is 2.37. The van der Waals surface area contributed by atoms with Crippen molar-refractivity contribution in [3.8, 4) is 0 Å². The third kappa shape index (κ3) is 4.27. The number of thioether (sulfide) groups is 1. The van der Waals surface area contributed by atoms with Crippen LogP contribution in [0.4, 0.5) is 5.69 Å². The Kier molecular flexibility index (Phi) is 5.62. The molecule has 5 heteroatoms. The van der Waals surface area contributed by atoms with E-state index in [0.29, 0.717) is 5.69 Å². The van der Waals surface area contributed by atoms with Crippen molar-refractivity contribution < 1.29 is 14.7 Å². The van der Waals surface area contributed by atoms with E-state index >= 15 is 0 Å². The van der Waals surface area contributed by atoms with Crippen molar-refractivity contribution in [2.75, 3.05) is 5.32 Å². The van der Waals surface area contributed by atoms with E-state index in [-0.39, 0.29) is 11.8 Å². The average Bonchev–Trinajstić information content (AvgIpc) is 2.39. The van der Waals surface area contributed by atoms with E-state index in [1.54, 1.807) is 19.9 Å². The van der Waals surface area contributed by atoms with Gasteiger partial charge in [0.25, 0.3) is 0 Å². The van der Waals surface area contributed by atoms with Crippen LogP contribution in [0.15, 0.2) is 29.2 Å². The van der Waals surface area contributed by atoms with E-state index in [9.17, 15) is 14.7 Å². The molecule has 0 radical (unpaired) electrons. The predicted molar refractivity (Wildman–Crippen MR) is 82.1 cm³/mol. The van der Waals surface area contributed by atoms with Crippen molar-refractivity contribution >= 4 is 29.3 Å². The number of benzene rings is 1. The Balaban J connectivity index is 2.94. The first-order valence-corrected chi connectivity index (χ1v) is 7.42. The molecule has 1 amide bonds. The number of hydrogen-bond acceptors (Lipinski definition) is 3. The van der Waals surface area contributed by atoms with Crippen LogP contribution in [0.2, 0.25) is 0 Å². The summed E-state index contributed by atoms with van der Waals surface area (Å²) in [6, 6.07) is 7.27. The van der Waals surface area contributed by atoms with Crippen LogP contribution in [0.25, 0.3) is 0 Å². The zero-order chi connectivity index (χ0) is 15.3. The Labute approximate surface area is 124 Å². The zero-order valence-electron chi connectivity index (χ0n) is 12.3. The van der Waals surface area contributed by atoms with Crippen molar-refractivity contribution in [1.82, 2.24) is 0 Å². The molecule has 1 aromatic carbocycles. The standard InChI is InChI=1S/C15H21NO3S/c1-5-10(2)13(17)16-11-8-6-7-9-12(11)20-15(3,4)14(18)19/h6-10H,5H2,1-4H3,(H,16,17)(H,18,19). The first kappa shape index (κ1) is 16.6. The molecule has 4 nitrogen and oxygen atoms in total. The fraction of sp³-hybridized carbons (Fsp3) is 0.467. The highest BCUT2D eigenvalue weighted by atomic mass is 32.2. The molecule has 0 heterocycles. The predicted octanol–water partition coefficient (Wildman–Crippen LogP) is 3.63. The van der Waals surface area contributed by atoms with E-state index in [2.05, 4.69) is 5.32 Å². The fourth-order valence-electron chi connectivity index (χ4n) is 1.42. The summed E-state index contributed by atoms with van der Waals surface area (Å²) in [5, 5.41) is 12.1. The summed E-state index contributed by atoms with van der Waals surface area (Å²) in [5.74, 6) is -1.00. The van der Waals surface area contributed by atoms with Crippen LogP contribution in [0, 0.1) is 5.92 Å². The van der Waals surface area contributed by atoms with Crippen molar-refractivity contribution in [3.05, 3.63) is 24.3 Å². The lowest BCUT2D eigenvalue weighted by atomic mass is 10.1. The zero-order valence-corrected chi connectivity index (χ0v) is 13.1. The van der Waals surface area contributed by atoms with Crippen molar-refractivity contribution in [1.29, 1.82) is 0 Å². The van der Waals surface area contributed by atoms with Gasteiger partial charge in [-0.05, 0) is 32.4 Å². The largest absolute Gasteiger partial charge is 0.480 e. The molecule has 0 saturated carbocycles. The van der Waals surface area contributed by atoms with Gasteiger partial charge in [0, 0.05) is 10.8 Å². The number of rotatable bonds is 6. The van der Waals surface area contributed by atoms with Crippen LogP contribution in [0.1, 0.15) is 34.1 Å². The summed E-state index contributed by atoms with van der Waals surface area (Å²) >= 11 is 1.23. The Hall–Kier alpha value is -1.49. The van der Waals surface area contributed by atoms with E-state index in [4.69, 9.17) is 0 Å². The molecule has 110 valence electrons. The number of aliphatic carboxylic acids is 1. The molecule has 2 N–H and O–H groups in total. The molecule has 1 rings (SSSR count). The van der Waals surface area contributed by atoms with Gasteiger partial charge in [-0.2, -0.15) is 0 Å². The molecule has 1 unspecified atom stereocenters. The second-order valence-electron chi connectivity index (χ2n) is 5.21. The van der Waals surface area contributed by atoms with Crippen LogP contribution in [0.3, 0.4) is 0 Å². The second-order valence-corrected chi connectivity index (χ2v) is 6.88. The third-order valence-electron chi connectivity index (χ3n) is 3.09. The maximum Gasteiger partial charge on any atom is 0.319 e. The number of para-hydroxylation sites is 1. The molecule has 0 aliphatic carbocycles. The van der Waals surface area contributed by atoms with Crippen molar-refractivity contribution in [2.45, 2.75) is 43.8 Å². The highest BCUT2D eigenvalue weighted by Gasteiger charge is 2.29. The van der Waals surface area contributed by atoms with Crippen molar-refractivity contribution in [3.63, 3.8) is 0 Å². The van der Waals surface area contributed by atoms with Crippen LogP contribution in [-0.4, -0.2) is 21.7 Å². The van der Waals surface area contributed by atoms with E-state index in [1.165, 1.54) is 11.8 Å². The highest BCUT2D eigenvalue weighted by molar-refractivity contribution is 8.01. The number of anilines is 1. The first-order valence-electron chi connectivity index (χ1n) is 6.60. The summed E-state index contributed by atoms with van der Waals surface area (Å²) in [6.07, 6.45) is 0.766.